The minimum Gasteiger partial charge on any atom is -0.394 e. The third-order valence-electron chi connectivity index (χ3n) is 1.22. The fourth-order valence-corrected chi connectivity index (χ4v) is 0.204. The van der Waals surface area contributed by atoms with Gasteiger partial charge in [-0.25, -0.2) is 0 Å². The van der Waals surface area contributed by atoms with E-state index in [4.69, 9.17) is 9.84 Å². The Balaban J connectivity index is -0.000000131. The van der Waals surface area contributed by atoms with Crippen molar-refractivity contribution in [2.45, 2.75) is 61.0 Å². The van der Waals surface area contributed by atoms with Gasteiger partial charge >= 0.3 is 0 Å². The van der Waals surface area contributed by atoms with Gasteiger partial charge in [-0.05, 0) is 33.6 Å². The minimum atomic E-state index is -0.167. The van der Waals surface area contributed by atoms with Gasteiger partial charge in [-0.15, -0.1) is 0 Å². The summed E-state index contributed by atoms with van der Waals surface area (Å²) in [6, 6.07) is 0. The van der Waals surface area contributed by atoms with E-state index < -0.39 is 0 Å². The molecule has 2 nitrogen and oxygen atoms in total. The average molecular weight is 206 g/mol. The van der Waals surface area contributed by atoms with Gasteiger partial charge in [0.2, 0.25) is 0 Å². The molecule has 0 aromatic heterocycles. The van der Waals surface area contributed by atoms with Crippen LogP contribution in [0.2, 0.25) is 0 Å². The summed E-state index contributed by atoms with van der Waals surface area (Å²) in [7, 11) is 0. The molecule has 0 aliphatic carbocycles. The summed E-state index contributed by atoms with van der Waals surface area (Å²) in [5, 5.41) is 8.06. The number of aliphatic hydroxyl groups is 1. The highest BCUT2D eigenvalue weighted by Crippen LogP contribution is 1.93. The number of aliphatic hydroxyl groups excluding tert-OH is 1. The molecule has 0 aliphatic heterocycles. The summed E-state index contributed by atoms with van der Waals surface area (Å²) in [5.41, 5.74) is 0. The van der Waals surface area contributed by atoms with E-state index in [0.717, 1.165) is 19.1 Å². The van der Waals surface area contributed by atoms with Crippen LogP contribution in [-0.4, -0.2) is 24.4 Å². The summed E-state index contributed by atoms with van der Waals surface area (Å²) in [4.78, 5) is 0. The monoisotopic (exact) mass is 206 g/mol. The van der Waals surface area contributed by atoms with E-state index in [-0.39, 0.29) is 6.10 Å². The molecule has 0 saturated heterocycles. The van der Waals surface area contributed by atoms with E-state index in [9.17, 15) is 0 Å². The zero-order valence-corrected chi connectivity index (χ0v) is 11.1. The Bertz CT molecular complexity index is 66.0. The van der Waals surface area contributed by atoms with Crippen LogP contribution in [0.25, 0.3) is 0 Å². The van der Waals surface area contributed by atoms with Crippen LogP contribution >= 0.6 is 0 Å². The Morgan fingerprint density at radius 2 is 1.14 bits per heavy atom. The third-order valence-corrected chi connectivity index (χ3v) is 1.22. The fourth-order valence-electron chi connectivity index (χ4n) is 0.204. The highest BCUT2D eigenvalue weighted by Gasteiger charge is 1.80. The molecule has 0 spiro atoms. The van der Waals surface area contributed by atoms with E-state index in [1.165, 1.54) is 6.42 Å². The molecule has 2 heteroatoms. The van der Waals surface area contributed by atoms with Crippen molar-refractivity contribution in [3.05, 3.63) is 0 Å². The van der Waals surface area contributed by atoms with Crippen LogP contribution in [0.5, 0.6) is 0 Å². The van der Waals surface area contributed by atoms with Crippen LogP contribution in [0.15, 0.2) is 0 Å². The van der Waals surface area contributed by atoms with Gasteiger partial charge in [0.15, 0.2) is 0 Å². The predicted octanol–water partition coefficient (Wildman–Crippen LogP) is 3.48. The van der Waals surface area contributed by atoms with Gasteiger partial charge < -0.3 is 9.84 Å². The van der Waals surface area contributed by atoms with E-state index in [1.807, 2.05) is 13.8 Å². The van der Waals surface area contributed by atoms with Gasteiger partial charge in [0.1, 0.15) is 0 Å². The Morgan fingerprint density at radius 3 is 1.14 bits per heavy atom. The largest absolute Gasteiger partial charge is 0.394 e. The molecule has 0 amide bonds. The van der Waals surface area contributed by atoms with Gasteiger partial charge in [0.25, 0.3) is 0 Å². The highest BCUT2D eigenvalue weighted by molar-refractivity contribution is 4.32. The SMILES string of the molecule is CC(C)O.CCC(C)C.CCOCC. The molecule has 0 saturated carbocycles. The van der Waals surface area contributed by atoms with Crippen molar-refractivity contribution in [3.8, 4) is 0 Å². The summed E-state index contributed by atoms with van der Waals surface area (Å²) in [6.07, 6.45) is 1.14. The molecule has 0 heterocycles. The summed E-state index contributed by atoms with van der Waals surface area (Å²) < 4.78 is 4.83. The van der Waals surface area contributed by atoms with Crippen molar-refractivity contribution in [2.75, 3.05) is 13.2 Å². The van der Waals surface area contributed by atoms with Crippen LogP contribution in [0, 0.1) is 5.92 Å². The standard InChI is InChI=1S/C5H12.C4H10O.C3H8O/c1-4-5(2)3;1-3-5-4-2;1-3(2)4/h5H,4H2,1-3H3;3-4H2,1-2H3;3-4H,1-2H3. The van der Waals surface area contributed by atoms with Crippen LogP contribution in [0.3, 0.4) is 0 Å². The van der Waals surface area contributed by atoms with Crippen molar-refractivity contribution in [3.63, 3.8) is 0 Å². The molecule has 0 rings (SSSR count). The molecule has 0 atom stereocenters. The summed E-state index contributed by atoms with van der Waals surface area (Å²) in [5.74, 6) is 0.884. The maximum atomic E-state index is 8.06. The van der Waals surface area contributed by atoms with E-state index in [1.54, 1.807) is 13.8 Å². The lowest BCUT2D eigenvalue weighted by Gasteiger charge is -1.90. The van der Waals surface area contributed by atoms with E-state index in [0.29, 0.717) is 0 Å². The topological polar surface area (TPSA) is 29.5 Å². The number of hydrogen-bond acceptors (Lipinski definition) is 2. The first kappa shape index (κ1) is 19.5. The van der Waals surface area contributed by atoms with Crippen molar-refractivity contribution in [2.24, 2.45) is 5.92 Å². The highest BCUT2D eigenvalue weighted by atomic mass is 16.5. The molecule has 0 aromatic carbocycles. The summed E-state index contributed by atoms with van der Waals surface area (Å²) >= 11 is 0. The zero-order valence-electron chi connectivity index (χ0n) is 11.1. The lowest BCUT2D eigenvalue weighted by Crippen LogP contribution is -1.85. The van der Waals surface area contributed by atoms with Crippen LogP contribution in [0.4, 0.5) is 0 Å². The molecule has 1 N–H and O–H groups in total. The first-order valence-corrected chi connectivity index (χ1v) is 5.67. The molecular formula is C12H30O2. The van der Waals surface area contributed by atoms with Gasteiger partial charge in [0, 0.05) is 19.3 Å². The maximum absolute atomic E-state index is 8.06. The van der Waals surface area contributed by atoms with Gasteiger partial charge in [-0.3, -0.25) is 0 Å². The normalized spacial score (nSPS) is 9.00. The van der Waals surface area contributed by atoms with Crippen LogP contribution in [0.1, 0.15) is 54.9 Å². The number of ether oxygens (including phenoxy) is 1. The van der Waals surface area contributed by atoms with Gasteiger partial charge in [-0.2, -0.15) is 0 Å². The fraction of sp³-hybridized carbons (Fsp3) is 1.00. The van der Waals surface area contributed by atoms with Gasteiger partial charge in [0.05, 0.1) is 0 Å². The first-order chi connectivity index (χ1) is 6.42. The molecule has 0 aliphatic rings. The Kier molecular flexibility index (Phi) is 26.0. The van der Waals surface area contributed by atoms with Crippen molar-refractivity contribution in [1.29, 1.82) is 0 Å². The first-order valence-electron chi connectivity index (χ1n) is 5.67. The molecule has 0 radical (unpaired) electrons. The van der Waals surface area contributed by atoms with E-state index in [2.05, 4.69) is 20.8 Å². The molecular weight excluding hydrogens is 176 g/mol. The second-order valence-electron chi connectivity index (χ2n) is 3.68. The lowest BCUT2D eigenvalue weighted by atomic mass is 10.2. The Labute approximate surface area is 90.7 Å². The zero-order chi connectivity index (χ0) is 12.0. The van der Waals surface area contributed by atoms with Crippen molar-refractivity contribution in [1.82, 2.24) is 0 Å². The molecule has 0 bridgehead atoms. The average Bonchev–Trinajstić information content (AvgIpc) is 2.06. The van der Waals surface area contributed by atoms with Crippen molar-refractivity contribution < 1.29 is 9.84 Å². The van der Waals surface area contributed by atoms with Crippen molar-refractivity contribution >= 4 is 0 Å². The second-order valence-corrected chi connectivity index (χ2v) is 3.68. The summed E-state index contributed by atoms with van der Waals surface area (Å²) in [6.45, 7) is 15.8. The number of rotatable bonds is 3. The van der Waals surface area contributed by atoms with E-state index >= 15 is 0 Å². The maximum Gasteiger partial charge on any atom is 0.0483 e. The third kappa shape index (κ3) is 92.5. The van der Waals surface area contributed by atoms with Gasteiger partial charge in [-0.1, -0.05) is 27.2 Å². The quantitative estimate of drug-likeness (QED) is 0.766. The minimum absolute atomic E-state index is 0.167. The second kappa shape index (κ2) is 18.7. The molecule has 14 heavy (non-hydrogen) atoms. The molecule has 90 valence electrons. The van der Waals surface area contributed by atoms with Crippen LogP contribution < -0.4 is 0 Å². The predicted molar refractivity (Wildman–Crippen MR) is 64.7 cm³/mol. The number of hydrogen-bond donors (Lipinski definition) is 1. The van der Waals surface area contributed by atoms with Crippen LogP contribution in [-0.2, 0) is 4.74 Å². The molecule has 0 unspecified atom stereocenters. The molecule has 0 fully saturated rings. The Hall–Kier alpha value is -0.0800. The lowest BCUT2D eigenvalue weighted by molar-refractivity contribution is 0.162. The Morgan fingerprint density at radius 1 is 0.929 bits per heavy atom. The molecule has 0 aromatic rings. The smallest absolute Gasteiger partial charge is 0.0483 e.